The molecule has 0 aromatic rings. The van der Waals surface area contributed by atoms with Gasteiger partial charge in [-0.05, 0) is 89.9 Å². The van der Waals surface area contributed by atoms with E-state index in [1.165, 1.54) is 193 Å². The zero-order valence-corrected chi connectivity index (χ0v) is 65.0. The minimum Gasteiger partial charge on any atom is -0.463 e. The van der Waals surface area contributed by atoms with Gasteiger partial charge in [0.1, 0.15) is 25.4 Å². The molecule has 0 amide bonds. The Balaban J connectivity index is 4.36. The van der Waals surface area contributed by atoms with Gasteiger partial charge in [-0.2, -0.15) is 0 Å². The van der Waals surface area contributed by atoms with Crippen molar-refractivity contribution in [1.29, 1.82) is 0 Å². The van der Waals surface area contributed by atoms with Crippen LogP contribution in [-0.4, -0.2) is 95.9 Å². The number of rotatable bonds is 77. The van der Waals surface area contributed by atoms with E-state index in [4.69, 9.17) is 32.3 Å². The van der Waals surface area contributed by atoms with Gasteiger partial charge in [-0.25, -0.2) is 9.13 Å². The first-order chi connectivity index (χ1) is 48.2. The van der Waals surface area contributed by atoms with E-state index >= 15 is 0 Å². The fourth-order valence-corrected chi connectivity index (χ4v) is 12.9. The average Bonchev–Trinajstić information content (AvgIpc) is 1.43. The molecule has 0 aromatic carbocycles. The summed E-state index contributed by atoms with van der Waals surface area (Å²) >= 11 is 0. The highest BCUT2D eigenvalue weighted by Crippen LogP contribution is 2.45. The first-order valence-corrected chi connectivity index (χ1v) is 43.2. The van der Waals surface area contributed by atoms with Gasteiger partial charge in [-0.3, -0.25) is 32.5 Å². The molecule has 0 rings (SSSR count). The lowest BCUT2D eigenvalue weighted by Crippen LogP contribution is -2.30. The van der Waals surface area contributed by atoms with Gasteiger partial charge in [0.15, 0.2) is 6.10 Å². The van der Waals surface area contributed by atoms with E-state index in [0.29, 0.717) is 19.3 Å². The summed E-state index contributed by atoms with van der Waals surface area (Å²) in [4.78, 5) is 58.6. The molecule has 0 radical (unpaired) electrons. The van der Waals surface area contributed by atoms with Gasteiger partial charge >= 0.3 is 33.6 Å². The molecule has 0 saturated heterocycles. The SMILES string of the molecule is CC/C=C\C/C=C\C/C=C\C/C=C\C/C=C\CCCCCCCCCCCCCCCCCCCC(=O)OCC(O)COP(=O)(O)OCC(O)COP(=O)(O)OCC(COC(=O)CCCCCCC/C=C\CCCCCCCC)OC(=O)CCCCCCCCCCCCCCCCC. The Labute approximate surface area is 604 Å². The Morgan fingerprint density at radius 1 is 0.293 bits per heavy atom. The second kappa shape index (κ2) is 74.7. The topological polar surface area (TPSA) is 231 Å². The maximum Gasteiger partial charge on any atom is 0.472 e. The molecule has 0 aliphatic rings. The van der Waals surface area contributed by atoms with Crippen molar-refractivity contribution in [3.63, 3.8) is 0 Å². The lowest BCUT2D eigenvalue weighted by atomic mass is 10.0. The van der Waals surface area contributed by atoms with Crippen LogP contribution in [0.5, 0.6) is 0 Å². The van der Waals surface area contributed by atoms with Gasteiger partial charge in [0.2, 0.25) is 0 Å². The summed E-state index contributed by atoms with van der Waals surface area (Å²) in [5, 5.41) is 20.6. The van der Waals surface area contributed by atoms with Crippen LogP contribution in [0.15, 0.2) is 72.9 Å². The molecule has 0 spiro atoms. The van der Waals surface area contributed by atoms with Crippen LogP contribution in [0.2, 0.25) is 0 Å². The van der Waals surface area contributed by atoms with Gasteiger partial charge in [0.05, 0.1) is 26.4 Å². The monoisotopic (exact) mass is 1440 g/mol. The normalized spacial score (nSPS) is 14.4. The standard InChI is InChI=1S/C81H148O16P2/c1-4-7-10-13-16-19-22-25-28-29-30-31-32-33-34-35-36-37-38-39-40-41-42-43-44-45-48-50-52-55-58-61-64-67-79(84)91-70-76(82)71-93-98(87,88)94-72-77(83)73-95-99(89,90)96-75-78(97-81(86)69-66-63-60-57-54-51-47-27-24-21-18-15-12-9-6-3)74-92-80(85)68-65-62-59-56-53-49-46-26-23-20-17-14-11-8-5-2/h7,10,16,19,25-26,28,30-31,33-34,46,76-78,82-83H,4-6,8-9,11-15,17-18,20-24,27,29,32,35-45,47-75H2,1-3H3,(H,87,88)(H,89,90)/b10-7-,19-16-,28-25-,31-30-,34-33-,46-26-. The first-order valence-electron chi connectivity index (χ1n) is 40.2. The fraction of sp³-hybridized carbons (Fsp3) is 0.815. The summed E-state index contributed by atoms with van der Waals surface area (Å²) in [6, 6.07) is 0. The number of carbonyl (C=O) groups is 3. The summed E-state index contributed by atoms with van der Waals surface area (Å²) in [6.07, 6.45) is 82.5. The maximum absolute atomic E-state index is 12.9. The Bertz CT molecular complexity index is 2090. The molecule has 0 bridgehead atoms. The van der Waals surface area contributed by atoms with Gasteiger partial charge in [-0.1, -0.05) is 331 Å². The van der Waals surface area contributed by atoms with Crippen molar-refractivity contribution in [3.8, 4) is 0 Å². The third-order valence-corrected chi connectivity index (χ3v) is 19.3. The lowest BCUT2D eigenvalue weighted by Gasteiger charge is -2.21. The number of ether oxygens (including phenoxy) is 3. The molecule has 18 heteroatoms. The summed E-state index contributed by atoms with van der Waals surface area (Å²) in [6.45, 7) is 2.62. The molecule has 0 fully saturated rings. The number of allylic oxidation sites excluding steroid dienone is 12. The van der Waals surface area contributed by atoms with E-state index in [2.05, 4.69) is 93.7 Å². The number of aliphatic hydroxyl groups excluding tert-OH is 2. The number of esters is 3. The van der Waals surface area contributed by atoms with Crippen molar-refractivity contribution in [2.24, 2.45) is 0 Å². The quantitative estimate of drug-likeness (QED) is 0.0146. The summed E-state index contributed by atoms with van der Waals surface area (Å²) < 4.78 is 61.1. The number of carbonyl (C=O) groups excluding carboxylic acids is 3. The third-order valence-electron chi connectivity index (χ3n) is 17.4. The Hall–Kier alpha value is -3.01. The van der Waals surface area contributed by atoms with Crippen LogP contribution in [0.4, 0.5) is 0 Å². The molecule has 0 aliphatic heterocycles. The highest BCUT2D eigenvalue weighted by molar-refractivity contribution is 7.47. The minimum atomic E-state index is -4.92. The second-order valence-electron chi connectivity index (χ2n) is 27.2. The molecule has 0 heterocycles. The van der Waals surface area contributed by atoms with E-state index in [0.717, 1.165) is 116 Å². The Morgan fingerprint density at radius 3 is 0.859 bits per heavy atom. The van der Waals surface area contributed by atoms with Crippen molar-refractivity contribution >= 4 is 33.6 Å². The smallest absolute Gasteiger partial charge is 0.463 e. The maximum atomic E-state index is 12.9. The van der Waals surface area contributed by atoms with Crippen LogP contribution < -0.4 is 0 Å². The molecule has 5 atom stereocenters. The summed E-state index contributed by atoms with van der Waals surface area (Å²) in [5.41, 5.74) is 0. The number of aliphatic hydroxyl groups is 2. The van der Waals surface area contributed by atoms with Crippen molar-refractivity contribution in [1.82, 2.24) is 0 Å². The highest BCUT2D eigenvalue weighted by Gasteiger charge is 2.29. The minimum absolute atomic E-state index is 0.110. The predicted octanol–water partition coefficient (Wildman–Crippen LogP) is 23.4. The molecule has 578 valence electrons. The van der Waals surface area contributed by atoms with E-state index in [1.807, 2.05) is 0 Å². The molecular weight excluding hydrogens is 1290 g/mol. The van der Waals surface area contributed by atoms with Gasteiger partial charge in [0, 0.05) is 19.3 Å². The third kappa shape index (κ3) is 76.0. The summed E-state index contributed by atoms with van der Waals surface area (Å²) in [7, 11) is -9.77. The van der Waals surface area contributed by atoms with E-state index < -0.39 is 91.5 Å². The van der Waals surface area contributed by atoms with Gasteiger partial charge in [-0.15, -0.1) is 0 Å². The molecule has 0 aromatic heterocycles. The van der Waals surface area contributed by atoms with E-state index in [-0.39, 0.29) is 19.3 Å². The Kier molecular flexibility index (Phi) is 72.4. The number of hydrogen-bond acceptors (Lipinski definition) is 14. The Morgan fingerprint density at radius 2 is 0.535 bits per heavy atom. The van der Waals surface area contributed by atoms with E-state index in [9.17, 15) is 43.5 Å². The van der Waals surface area contributed by atoms with Gasteiger partial charge in [0.25, 0.3) is 0 Å². The lowest BCUT2D eigenvalue weighted by molar-refractivity contribution is -0.161. The predicted molar refractivity (Wildman–Crippen MR) is 408 cm³/mol. The van der Waals surface area contributed by atoms with E-state index in [1.54, 1.807) is 0 Å². The highest BCUT2D eigenvalue weighted by atomic mass is 31.2. The summed E-state index contributed by atoms with van der Waals surface area (Å²) in [5.74, 6) is -1.56. The fourth-order valence-electron chi connectivity index (χ4n) is 11.3. The first kappa shape index (κ1) is 96.0. The zero-order valence-electron chi connectivity index (χ0n) is 63.2. The molecule has 4 N–H and O–H groups in total. The zero-order chi connectivity index (χ0) is 72.3. The number of hydrogen-bond donors (Lipinski definition) is 4. The number of phosphoric ester groups is 2. The van der Waals surface area contributed by atoms with Crippen LogP contribution in [0.1, 0.15) is 367 Å². The number of unbranched alkanes of at least 4 members (excludes halogenated alkanes) is 42. The van der Waals surface area contributed by atoms with Crippen LogP contribution in [0, 0.1) is 0 Å². The molecular formula is C81H148O16P2. The largest absolute Gasteiger partial charge is 0.472 e. The van der Waals surface area contributed by atoms with Crippen molar-refractivity contribution in [2.45, 2.75) is 386 Å². The average molecular weight is 1440 g/mol. The van der Waals surface area contributed by atoms with Crippen molar-refractivity contribution < 1.29 is 75.8 Å². The molecule has 99 heavy (non-hydrogen) atoms. The molecule has 16 nitrogen and oxygen atoms in total. The van der Waals surface area contributed by atoms with Crippen LogP contribution in [0.3, 0.4) is 0 Å². The van der Waals surface area contributed by atoms with Gasteiger partial charge < -0.3 is 34.2 Å². The van der Waals surface area contributed by atoms with Crippen LogP contribution in [-0.2, 0) is 55.8 Å². The second-order valence-corrected chi connectivity index (χ2v) is 30.1. The number of phosphoric acid groups is 2. The van der Waals surface area contributed by atoms with Crippen LogP contribution >= 0.6 is 15.6 Å². The van der Waals surface area contributed by atoms with Crippen LogP contribution in [0.25, 0.3) is 0 Å². The molecule has 0 saturated carbocycles. The van der Waals surface area contributed by atoms with Crippen molar-refractivity contribution in [2.75, 3.05) is 39.6 Å². The molecule has 0 aliphatic carbocycles. The molecule has 5 unspecified atom stereocenters. The van der Waals surface area contributed by atoms with Crippen molar-refractivity contribution in [3.05, 3.63) is 72.9 Å².